The van der Waals surface area contributed by atoms with Crippen molar-refractivity contribution in [2.75, 3.05) is 35.8 Å². The summed E-state index contributed by atoms with van der Waals surface area (Å²) in [6.45, 7) is 1.82. The van der Waals surface area contributed by atoms with Crippen LogP contribution in [0.2, 0.25) is 0 Å². The van der Waals surface area contributed by atoms with E-state index < -0.39 is 5.91 Å². The maximum atomic E-state index is 11.8. The van der Waals surface area contributed by atoms with Gasteiger partial charge in [0, 0.05) is 37.3 Å². The first-order valence-corrected chi connectivity index (χ1v) is 9.46. The molecule has 11 nitrogen and oxygen atoms in total. The van der Waals surface area contributed by atoms with Crippen LogP contribution in [0.3, 0.4) is 0 Å². The number of nitrogens with one attached hydrogen (secondary N) is 4. The van der Waals surface area contributed by atoms with Crippen molar-refractivity contribution in [1.29, 1.82) is 5.41 Å². The second kappa shape index (κ2) is 10.3. The Morgan fingerprint density at radius 3 is 3.00 bits per heavy atom. The second-order valence-corrected chi connectivity index (χ2v) is 6.75. The van der Waals surface area contributed by atoms with E-state index in [0.29, 0.717) is 37.1 Å². The third kappa shape index (κ3) is 5.72. The van der Waals surface area contributed by atoms with Crippen LogP contribution in [0.5, 0.6) is 0 Å². The molecule has 1 amide bonds. The molecule has 1 aliphatic heterocycles. The summed E-state index contributed by atoms with van der Waals surface area (Å²) in [6.07, 6.45) is 4.63. The minimum absolute atomic E-state index is 0.0423. The van der Waals surface area contributed by atoms with Gasteiger partial charge in [0.25, 0.3) is 5.91 Å². The SMILES string of the molecule is N=C/C=N\Nc1cccc(Nc2nc(NC[C@@H]3CCOC[C@@H]3N)ncc2C(N)=O)c1. The van der Waals surface area contributed by atoms with Crippen molar-refractivity contribution < 1.29 is 9.53 Å². The molecule has 1 saturated heterocycles. The number of carbonyl (C=O) groups excluding carboxylic acids is 1. The van der Waals surface area contributed by atoms with Crippen molar-refractivity contribution in [3.05, 3.63) is 36.0 Å². The molecular weight excluding hydrogens is 386 g/mol. The van der Waals surface area contributed by atoms with E-state index >= 15 is 0 Å². The number of hydrogen-bond donors (Lipinski definition) is 6. The Balaban J connectivity index is 1.74. The van der Waals surface area contributed by atoms with E-state index in [2.05, 4.69) is 31.1 Å². The zero-order valence-corrected chi connectivity index (χ0v) is 16.3. The van der Waals surface area contributed by atoms with Crippen LogP contribution in [0.15, 0.2) is 35.6 Å². The lowest BCUT2D eigenvalue weighted by Gasteiger charge is -2.28. The number of rotatable bonds is 9. The molecule has 8 N–H and O–H groups in total. The van der Waals surface area contributed by atoms with E-state index in [9.17, 15) is 4.79 Å². The van der Waals surface area contributed by atoms with Gasteiger partial charge in [-0.2, -0.15) is 10.1 Å². The van der Waals surface area contributed by atoms with Gasteiger partial charge in [-0.1, -0.05) is 6.07 Å². The average molecular weight is 411 g/mol. The second-order valence-electron chi connectivity index (χ2n) is 6.75. The topological polar surface area (TPSA) is 176 Å². The van der Waals surface area contributed by atoms with E-state index in [4.69, 9.17) is 21.6 Å². The molecule has 3 rings (SSSR count). The van der Waals surface area contributed by atoms with Crippen molar-refractivity contribution in [3.8, 4) is 0 Å². The Hall–Kier alpha value is -3.57. The van der Waals surface area contributed by atoms with Gasteiger partial charge in [0.05, 0.1) is 18.5 Å². The fourth-order valence-corrected chi connectivity index (χ4v) is 2.97. The first-order valence-electron chi connectivity index (χ1n) is 9.46. The molecule has 1 fully saturated rings. The largest absolute Gasteiger partial charge is 0.380 e. The number of benzene rings is 1. The van der Waals surface area contributed by atoms with E-state index in [-0.39, 0.29) is 23.3 Å². The number of hydrazone groups is 1. The monoisotopic (exact) mass is 411 g/mol. The number of aromatic nitrogens is 2. The minimum atomic E-state index is -0.639. The fourth-order valence-electron chi connectivity index (χ4n) is 2.97. The number of anilines is 4. The van der Waals surface area contributed by atoms with Crippen molar-refractivity contribution in [3.63, 3.8) is 0 Å². The first kappa shape index (κ1) is 21.1. The van der Waals surface area contributed by atoms with Crippen molar-refractivity contribution in [2.24, 2.45) is 22.5 Å². The zero-order valence-electron chi connectivity index (χ0n) is 16.3. The summed E-state index contributed by atoms with van der Waals surface area (Å²) in [7, 11) is 0. The van der Waals surface area contributed by atoms with Crippen molar-refractivity contribution in [2.45, 2.75) is 12.5 Å². The third-order valence-electron chi connectivity index (χ3n) is 4.59. The molecule has 2 atom stereocenters. The molecular formula is C19H25N9O2. The fraction of sp³-hybridized carbons (Fsp3) is 0.316. The standard InChI is InChI=1S/C19H25N9O2/c20-5-6-25-28-14-3-1-2-13(8-14)26-18-15(17(22)29)10-24-19(27-18)23-9-12-4-7-30-11-16(12)21/h1-3,5-6,8,10,12,16,20,28H,4,7,9,11,21H2,(H2,22,29)(H2,23,24,26,27)/b20-5?,25-6-/t12-,16-/m0/s1. The highest BCUT2D eigenvalue weighted by Gasteiger charge is 2.22. The molecule has 0 bridgehead atoms. The predicted molar refractivity (Wildman–Crippen MR) is 117 cm³/mol. The molecule has 0 unspecified atom stereocenters. The summed E-state index contributed by atoms with van der Waals surface area (Å²) in [5.41, 5.74) is 15.9. The van der Waals surface area contributed by atoms with Gasteiger partial charge in [-0.25, -0.2) is 4.98 Å². The maximum Gasteiger partial charge on any atom is 0.254 e. The molecule has 0 spiro atoms. The Bertz CT molecular complexity index is 919. The lowest BCUT2D eigenvalue weighted by molar-refractivity contribution is 0.0528. The number of nitrogens with two attached hydrogens (primary N) is 2. The van der Waals surface area contributed by atoms with Crippen LogP contribution in [-0.2, 0) is 4.74 Å². The van der Waals surface area contributed by atoms with Gasteiger partial charge in [-0.05, 0) is 30.5 Å². The van der Waals surface area contributed by atoms with E-state index in [1.54, 1.807) is 12.1 Å². The summed E-state index contributed by atoms with van der Waals surface area (Å²) in [4.78, 5) is 20.4. The van der Waals surface area contributed by atoms with Crippen LogP contribution < -0.4 is 27.5 Å². The van der Waals surface area contributed by atoms with Crippen LogP contribution in [-0.4, -0.2) is 54.1 Å². The average Bonchev–Trinajstić information content (AvgIpc) is 2.74. The molecule has 1 aromatic heterocycles. The van der Waals surface area contributed by atoms with Gasteiger partial charge in [0.15, 0.2) is 0 Å². The number of nitrogens with zero attached hydrogens (tertiary/aromatic N) is 3. The van der Waals surface area contributed by atoms with E-state index in [0.717, 1.165) is 12.6 Å². The molecule has 1 aromatic carbocycles. The van der Waals surface area contributed by atoms with Crippen LogP contribution in [0, 0.1) is 11.3 Å². The molecule has 30 heavy (non-hydrogen) atoms. The normalized spacial score (nSPS) is 18.7. The van der Waals surface area contributed by atoms with Crippen LogP contribution in [0.4, 0.5) is 23.1 Å². The van der Waals surface area contributed by atoms with Gasteiger partial charge >= 0.3 is 0 Å². The highest BCUT2D eigenvalue weighted by molar-refractivity contribution is 6.14. The summed E-state index contributed by atoms with van der Waals surface area (Å²) >= 11 is 0. The molecule has 0 aliphatic carbocycles. The molecule has 2 heterocycles. The van der Waals surface area contributed by atoms with Gasteiger partial charge in [-0.15, -0.1) is 0 Å². The zero-order chi connectivity index (χ0) is 21.3. The number of primary amides is 1. The predicted octanol–water partition coefficient (Wildman–Crippen LogP) is 1.14. The number of ether oxygens (including phenoxy) is 1. The first-order chi connectivity index (χ1) is 14.6. The lowest BCUT2D eigenvalue weighted by atomic mass is 9.96. The van der Waals surface area contributed by atoms with Gasteiger partial charge in [0.2, 0.25) is 5.95 Å². The van der Waals surface area contributed by atoms with Crippen LogP contribution in [0.25, 0.3) is 0 Å². The molecule has 11 heteroatoms. The maximum absolute atomic E-state index is 11.8. The third-order valence-corrected chi connectivity index (χ3v) is 4.59. The number of carbonyl (C=O) groups is 1. The van der Waals surface area contributed by atoms with Gasteiger partial charge in [-0.3, -0.25) is 10.2 Å². The van der Waals surface area contributed by atoms with Crippen LogP contribution >= 0.6 is 0 Å². The van der Waals surface area contributed by atoms with Crippen molar-refractivity contribution >= 4 is 41.5 Å². The Morgan fingerprint density at radius 2 is 2.23 bits per heavy atom. The molecule has 0 radical (unpaired) electrons. The van der Waals surface area contributed by atoms with Crippen LogP contribution in [0.1, 0.15) is 16.8 Å². The van der Waals surface area contributed by atoms with Gasteiger partial charge < -0.3 is 32.2 Å². The van der Waals surface area contributed by atoms with Gasteiger partial charge in [0.1, 0.15) is 11.4 Å². The summed E-state index contributed by atoms with van der Waals surface area (Å²) in [5.74, 6) is 0.265. The Kier molecular flexibility index (Phi) is 7.24. The Morgan fingerprint density at radius 1 is 1.40 bits per heavy atom. The molecule has 0 saturated carbocycles. The summed E-state index contributed by atoms with van der Waals surface area (Å²) < 4.78 is 5.36. The number of amides is 1. The summed E-state index contributed by atoms with van der Waals surface area (Å²) in [5, 5.41) is 17.1. The lowest BCUT2D eigenvalue weighted by Crippen LogP contribution is -2.42. The minimum Gasteiger partial charge on any atom is -0.380 e. The Labute approximate surface area is 173 Å². The number of hydrogen-bond acceptors (Lipinski definition) is 10. The smallest absolute Gasteiger partial charge is 0.254 e. The summed E-state index contributed by atoms with van der Waals surface area (Å²) in [6, 6.07) is 7.17. The van der Waals surface area contributed by atoms with Crippen molar-refractivity contribution in [1.82, 2.24) is 9.97 Å². The molecule has 158 valence electrons. The van der Waals surface area contributed by atoms with E-state index in [1.165, 1.54) is 12.4 Å². The highest BCUT2D eigenvalue weighted by Crippen LogP contribution is 2.23. The molecule has 2 aromatic rings. The highest BCUT2D eigenvalue weighted by atomic mass is 16.5. The quantitative estimate of drug-likeness (QED) is 0.263. The molecule has 1 aliphatic rings. The van der Waals surface area contributed by atoms with E-state index in [1.807, 2.05) is 12.1 Å².